The van der Waals surface area contributed by atoms with Gasteiger partial charge in [0.05, 0.1) is 12.8 Å². The second-order valence-electron chi connectivity index (χ2n) is 6.22. The molecule has 0 aliphatic carbocycles. The van der Waals surface area contributed by atoms with Gasteiger partial charge < -0.3 is 9.26 Å². The standard InChI is InChI=1S/C20H16FN3O4S2/c1-24(15-7-4-8-16(12-15)27-2)30(25,26)17-9-10-29-18(17)20-22-19(23-28-20)13-5-3-6-14(21)11-13/h3-12H,1-2H3. The number of sulfonamides is 1. The van der Waals surface area contributed by atoms with Crippen LogP contribution in [0.2, 0.25) is 0 Å². The van der Waals surface area contributed by atoms with Crippen LogP contribution in [0.3, 0.4) is 0 Å². The number of rotatable bonds is 6. The fourth-order valence-corrected chi connectivity index (χ4v) is 5.31. The summed E-state index contributed by atoms with van der Waals surface area (Å²) in [6.07, 6.45) is 0. The van der Waals surface area contributed by atoms with Crippen LogP contribution in [0.1, 0.15) is 0 Å². The van der Waals surface area contributed by atoms with Gasteiger partial charge in [0.25, 0.3) is 15.9 Å². The largest absolute Gasteiger partial charge is 0.497 e. The molecule has 0 aliphatic rings. The van der Waals surface area contributed by atoms with E-state index in [0.29, 0.717) is 21.9 Å². The lowest BCUT2D eigenvalue weighted by molar-refractivity contribution is 0.415. The number of thiophene rings is 1. The van der Waals surface area contributed by atoms with Crippen molar-refractivity contribution in [3.63, 3.8) is 0 Å². The quantitative estimate of drug-likeness (QED) is 0.436. The second kappa shape index (κ2) is 7.88. The molecule has 2 aromatic heterocycles. The van der Waals surface area contributed by atoms with Crippen molar-refractivity contribution in [2.24, 2.45) is 0 Å². The van der Waals surface area contributed by atoms with E-state index in [9.17, 15) is 12.8 Å². The zero-order valence-electron chi connectivity index (χ0n) is 15.9. The van der Waals surface area contributed by atoms with Gasteiger partial charge in [-0.2, -0.15) is 4.98 Å². The zero-order valence-corrected chi connectivity index (χ0v) is 17.6. The summed E-state index contributed by atoms with van der Waals surface area (Å²) in [5, 5.41) is 5.49. The lowest BCUT2D eigenvalue weighted by Crippen LogP contribution is -2.26. The van der Waals surface area contributed by atoms with Crippen LogP contribution in [-0.4, -0.2) is 32.7 Å². The Bertz CT molecular complexity index is 1300. The first-order valence-corrected chi connectivity index (χ1v) is 11.0. The van der Waals surface area contributed by atoms with Crippen LogP contribution in [0, 0.1) is 5.82 Å². The van der Waals surface area contributed by atoms with E-state index in [0.717, 1.165) is 15.6 Å². The van der Waals surface area contributed by atoms with Crippen LogP contribution in [0.5, 0.6) is 5.75 Å². The molecular weight excluding hydrogens is 429 g/mol. The molecule has 2 aromatic carbocycles. The second-order valence-corrected chi connectivity index (χ2v) is 9.08. The number of aromatic nitrogens is 2. The summed E-state index contributed by atoms with van der Waals surface area (Å²) in [7, 11) is -0.948. The molecular formula is C20H16FN3O4S2. The smallest absolute Gasteiger partial charge is 0.269 e. The number of hydrogen-bond donors (Lipinski definition) is 0. The predicted molar refractivity (Wildman–Crippen MR) is 112 cm³/mol. The highest BCUT2D eigenvalue weighted by atomic mass is 32.2. The molecule has 7 nitrogen and oxygen atoms in total. The van der Waals surface area contributed by atoms with Gasteiger partial charge in [-0.05, 0) is 35.7 Å². The van der Waals surface area contributed by atoms with Gasteiger partial charge in [0.1, 0.15) is 21.3 Å². The van der Waals surface area contributed by atoms with Crippen LogP contribution in [0.25, 0.3) is 22.2 Å². The number of methoxy groups -OCH3 is 1. The van der Waals surface area contributed by atoms with Crippen molar-refractivity contribution in [2.45, 2.75) is 4.90 Å². The van der Waals surface area contributed by atoms with E-state index in [1.807, 2.05) is 0 Å². The van der Waals surface area contributed by atoms with E-state index in [1.165, 1.54) is 38.4 Å². The van der Waals surface area contributed by atoms with Gasteiger partial charge in [-0.3, -0.25) is 4.31 Å². The Morgan fingerprint density at radius 3 is 2.70 bits per heavy atom. The average Bonchev–Trinajstić information content (AvgIpc) is 3.43. The summed E-state index contributed by atoms with van der Waals surface area (Å²) < 4.78 is 51.6. The fourth-order valence-electron chi connectivity index (χ4n) is 2.81. The van der Waals surface area contributed by atoms with Crippen molar-refractivity contribution in [3.05, 3.63) is 65.8 Å². The Balaban J connectivity index is 1.71. The van der Waals surface area contributed by atoms with Gasteiger partial charge in [-0.15, -0.1) is 11.3 Å². The summed E-state index contributed by atoms with van der Waals surface area (Å²) in [4.78, 5) is 4.60. The van der Waals surface area contributed by atoms with Crippen molar-refractivity contribution in [1.82, 2.24) is 10.1 Å². The molecule has 4 rings (SSSR count). The molecule has 0 spiro atoms. The number of halogens is 1. The molecule has 2 heterocycles. The van der Waals surface area contributed by atoms with Crippen LogP contribution in [0.4, 0.5) is 10.1 Å². The third kappa shape index (κ3) is 3.66. The van der Waals surface area contributed by atoms with Crippen molar-refractivity contribution in [1.29, 1.82) is 0 Å². The fraction of sp³-hybridized carbons (Fsp3) is 0.100. The SMILES string of the molecule is COc1cccc(N(C)S(=O)(=O)c2ccsc2-c2nc(-c3cccc(F)c3)no2)c1. The van der Waals surface area contributed by atoms with Gasteiger partial charge >= 0.3 is 0 Å². The van der Waals surface area contributed by atoms with Crippen LogP contribution in [0.15, 0.2) is 69.4 Å². The molecule has 4 aromatic rings. The third-order valence-electron chi connectivity index (χ3n) is 4.39. The Labute approximate surface area is 176 Å². The maximum absolute atomic E-state index is 13.5. The maximum atomic E-state index is 13.5. The summed E-state index contributed by atoms with van der Waals surface area (Å²) in [5.41, 5.74) is 0.872. The first-order chi connectivity index (χ1) is 14.4. The van der Waals surface area contributed by atoms with Gasteiger partial charge in [0, 0.05) is 18.7 Å². The lowest BCUT2D eigenvalue weighted by Gasteiger charge is -2.19. The third-order valence-corrected chi connectivity index (χ3v) is 7.25. The molecule has 0 saturated carbocycles. The van der Waals surface area contributed by atoms with Gasteiger partial charge in [0.15, 0.2) is 0 Å². The van der Waals surface area contributed by atoms with Crippen LogP contribution in [-0.2, 0) is 10.0 Å². The number of anilines is 1. The summed E-state index contributed by atoms with van der Waals surface area (Å²) >= 11 is 1.16. The number of nitrogens with zero attached hydrogens (tertiary/aromatic N) is 3. The minimum atomic E-state index is -3.91. The number of benzene rings is 2. The van der Waals surface area contributed by atoms with E-state index in [4.69, 9.17) is 9.26 Å². The van der Waals surface area contributed by atoms with Crippen molar-refractivity contribution >= 4 is 27.0 Å². The van der Waals surface area contributed by atoms with Crippen molar-refractivity contribution in [2.75, 3.05) is 18.5 Å². The maximum Gasteiger partial charge on any atom is 0.269 e. The van der Waals surface area contributed by atoms with Gasteiger partial charge in [-0.25, -0.2) is 12.8 Å². The first-order valence-electron chi connectivity index (χ1n) is 8.70. The Hall–Kier alpha value is -3.24. The highest BCUT2D eigenvalue weighted by molar-refractivity contribution is 7.93. The Kier molecular flexibility index (Phi) is 5.27. The van der Waals surface area contributed by atoms with Gasteiger partial charge in [-0.1, -0.05) is 23.4 Å². The van der Waals surface area contributed by atoms with E-state index < -0.39 is 15.8 Å². The number of hydrogen-bond acceptors (Lipinski definition) is 7. The molecule has 30 heavy (non-hydrogen) atoms. The lowest BCUT2D eigenvalue weighted by atomic mass is 10.2. The van der Waals surface area contributed by atoms with Gasteiger partial charge in [0.2, 0.25) is 5.82 Å². The highest BCUT2D eigenvalue weighted by Crippen LogP contribution is 2.36. The molecule has 0 aliphatic heterocycles. The zero-order chi connectivity index (χ0) is 21.3. The van der Waals surface area contributed by atoms with E-state index in [1.54, 1.807) is 35.7 Å². The highest BCUT2D eigenvalue weighted by Gasteiger charge is 2.29. The van der Waals surface area contributed by atoms with E-state index in [-0.39, 0.29) is 16.6 Å². The van der Waals surface area contributed by atoms with Crippen molar-refractivity contribution in [3.8, 4) is 27.9 Å². The summed E-state index contributed by atoms with van der Waals surface area (Å²) in [5.74, 6) is 0.319. The predicted octanol–water partition coefficient (Wildman–Crippen LogP) is 4.44. The monoisotopic (exact) mass is 445 g/mol. The Morgan fingerprint density at radius 2 is 1.93 bits per heavy atom. The summed E-state index contributed by atoms with van der Waals surface area (Å²) in [6.45, 7) is 0. The molecule has 0 N–H and O–H groups in total. The Morgan fingerprint density at radius 1 is 1.13 bits per heavy atom. The molecule has 0 fully saturated rings. The van der Waals surface area contributed by atoms with E-state index in [2.05, 4.69) is 10.1 Å². The minimum Gasteiger partial charge on any atom is -0.497 e. The van der Waals surface area contributed by atoms with Crippen molar-refractivity contribution < 1.29 is 22.1 Å². The topological polar surface area (TPSA) is 85.5 Å². The first kappa shape index (κ1) is 20.0. The molecule has 154 valence electrons. The minimum absolute atomic E-state index is 0.0345. The molecule has 0 radical (unpaired) electrons. The molecule has 0 atom stereocenters. The van der Waals surface area contributed by atoms with Crippen LogP contribution >= 0.6 is 11.3 Å². The average molecular weight is 445 g/mol. The molecule has 0 bridgehead atoms. The van der Waals surface area contributed by atoms with Crippen LogP contribution < -0.4 is 9.04 Å². The summed E-state index contributed by atoms with van der Waals surface area (Å²) in [6, 6.07) is 14.0. The molecule has 10 heteroatoms. The molecule has 0 saturated heterocycles. The molecule has 0 unspecified atom stereocenters. The normalized spacial score (nSPS) is 11.4. The van der Waals surface area contributed by atoms with E-state index >= 15 is 0 Å². The number of ether oxygens (including phenoxy) is 1. The molecule has 0 amide bonds.